The molecule has 5 atom stereocenters. The van der Waals surface area contributed by atoms with E-state index >= 15 is 0 Å². The van der Waals surface area contributed by atoms with Crippen molar-refractivity contribution in [3.05, 3.63) is 33.1 Å². The van der Waals surface area contributed by atoms with Crippen LogP contribution in [-0.4, -0.2) is 59.3 Å². The standard InChI is InChI=1S/C11H12Cl3N2O10P/c12-11(13,14)9(20)26-27(22,23)24-3-4-6(18)7(19)8(25-4)16-2-1-5(17)15-10(16)21/h1-2,4,6-8,18-19H,3H2,(H,22,23)(H,15,17,21)/t4-,6-,7-,8-/m1/s1. The predicted octanol–water partition coefficient (Wildman–Crippen LogP) is -0.814. The maximum atomic E-state index is 11.7. The summed E-state index contributed by atoms with van der Waals surface area (Å²) in [5.74, 6) is -1.68. The predicted molar refractivity (Wildman–Crippen MR) is 89.4 cm³/mol. The van der Waals surface area contributed by atoms with Gasteiger partial charge in [-0.1, -0.05) is 34.8 Å². The summed E-state index contributed by atoms with van der Waals surface area (Å²) in [7, 11) is -5.04. The molecular formula is C11H12Cl3N2O10P. The monoisotopic (exact) mass is 468 g/mol. The van der Waals surface area contributed by atoms with Crippen molar-refractivity contribution in [3.63, 3.8) is 0 Å². The number of phosphoric acid groups is 1. The lowest BCUT2D eigenvalue weighted by Gasteiger charge is -2.18. The van der Waals surface area contributed by atoms with Crippen LogP contribution in [0.15, 0.2) is 21.9 Å². The van der Waals surface area contributed by atoms with E-state index in [-0.39, 0.29) is 0 Å². The summed E-state index contributed by atoms with van der Waals surface area (Å²) in [6.45, 7) is -0.840. The van der Waals surface area contributed by atoms with Crippen molar-refractivity contribution >= 4 is 48.6 Å². The minimum Gasteiger partial charge on any atom is -0.387 e. The smallest absolute Gasteiger partial charge is 0.387 e. The lowest BCUT2D eigenvalue weighted by atomic mass is 10.1. The first-order chi connectivity index (χ1) is 12.3. The number of hydrogen-bond donors (Lipinski definition) is 4. The number of nitrogens with zero attached hydrogens (tertiary/aromatic N) is 1. The number of aromatic nitrogens is 2. The highest BCUT2D eigenvalue weighted by molar-refractivity contribution is 7.48. The van der Waals surface area contributed by atoms with E-state index in [9.17, 15) is 34.1 Å². The number of carbonyl (C=O) groups excluding carboxylic acids is 1. The van der Waals surface area contributed by atoms with E-state index in [1.807, 2.05) is 4.98 Å². The van der Waals surface area contributed by atoms with Gasteiger partial charge in [-0.05, 0) is 0 Å². The molecule has 0 aliphatic carbocycles. The fourth-order valence-corrected chi connectivity index (χ4v) is 3.09. The molecule has 2 heterocycles. The summed E-state index contributed by atoms with van der Waals surface area (Å²) < 4.78 is 23.6. The number of phosphoric ester groups is 1. The molecule has 0 spiro atoms. The number of aliphatic hydroxyl groups is 2. The van der Waals surface area contributed by atoms with Gasteiger partial charge in [0.05, 0.1) is 6.61 Å². The van der Waals surface area contributed by atoms with E-state index in [0.29, 0.717) is 0 Å². The zero-order chi connectivity index (χ0) is 20.6. The van der Waals surface area contributed by atoms with Gasteiger partial charge in [-0.25, -0.2) is 14.2 Å². The van der Waals surface area contributed by atoms with Gasteiger partial charge in [0.15, 0.2) is 6.23 Å². The summed E-state index contributed by atoms with van der Waals surface area (Å²) >= 11 is 15.6. The van der Waals surface area contributed by atoms with E-state index in [1.165, 1.54) is 0 Å². The Labute approximate surface area is 164 Å². The maximum absolute atomic E-state index is 11.7. The Hall–Kier alpha value is -0.950. The van der Waals surface area contributed by atoms with E-state index in [4.69, 9.17) is 39.5 Å². The number of aliphatic hydroxyl groups excluding tert-OH is 2. The SMILES string of the molecule is O=C(OP(=O)(O)OC[C@H]1O[C@@H](n2ccc(=O)[nH]c2=O)[C@H](O)[C@@H]1O)C(Cl)(Cl)Cl. The maximum Gasteiger partial charge on any atom is 0.529 e. The highest BCUT2D eigenvalue weighted by Gasteiger charge is 2.46. The molecule has 1 saturated heterocycles. The second-order valence-corrected chi connectivity index (χ2v) is 8.86. The lowest BCUT2D eigenvalue weighted by Crippen LogP contribution is -2.37. The van der Waals surface area contributed by atoms with E-state index in [1.54, 1.807) is 0 Å². The van der Waals surface area contributed by atoms with Crippen LogP contribution in [0.1, 0.15) is 6.23 Å². The number of alkyl halides is 3. The number of rotatable bonds is 5. The van der Waals surface area contributed by atoms with Gasteiger partial charge in [-0.15, -0.1) is 0 Å². The van der Waals surface area contributed by atoms with Crippen LogP contribution in [0.5, 0.6) is 0 Å². The van der Waals surface area contributed by atoms with Crippen LogP contribution in [-0.2, 0) is 23.1 Å². The molecule has 2 rings (SSSR count). The van der Waals surface area contributed by atoms with E-state index in [0.717, 1.165) is 16.8 Å². The van der Waals surface area contributed by atoms with Crippen molar-refractivity contribution in [3.8, 4) is 0 Å². The molecule has 1 aromatic rings. The van der Waals surface area contributed by atoms with Crippen molar-refractivity contribution in [1.82, 2.24) is 9.55 Å². The molecule has 0 bridgehead atoms. The third kappa shape index (κ3) is 5.53. The van der Waals surface area contributed by atoms with Crippen LogP contribution in [0.25, 0.3) is 0 Å². The van der Waals surface area contributed by atoms with Crippen molar-refractivity contribution < 1.29 is 38.3 Å². The van der Waals surface area contributed by atoms with Crippen molar-refractivity contribution in [2.75, 3.05) is 6.61 Å². The Kier molecular flexibility index (Phi) is 6.78. The molecule has 27 heavy (non-hydrogen) atoms. The molecular weight excluding hydrogens is 457 g/mol. The molecule has 12 nitrogen and oxygen atoms in total. The molecule has 1 fully saturated rings. The molecule has 0 radical (unpaired) electrons. The van der Waals surface area contributed by atoms with Crippen LogP contribution >= 0.6 is 42.6 Å². The molecule has 1 aliphatic rings. The molecule has 152 valence electrons. The number of carbonyl (C=O) groups is 1. The number of aromatic amines is 1. The van der Waals surface area contributed by atoms with Gasteiger partial charge >= 0.3 is 19.5 Å². The van der Waals surface area contributed by atoms with E-state index in [2.05, 4.69) is 9.05 Å². The van der Waals surface area contributed by atoms with Crippen molar-refractivity contribution in [2.45, 2.75) is 28.3 Å². The highest BCUT2D eigenvalue weighted by Crippen LogP contribution is 2.47. The van der Waals surface area contributed by atoms with Gasteiger partial charge < -0.3 is 19.5 Å². The van der Waals surface area contributed by atoms with Gasteiger partial charge in [-0.2, -0.15) is 0 Å². The minimum atomic E-state index is -5.04. The van der Waals surface area contributed by atoms with Gasteiger partial charge in [0, 0.05) is 12.3 Å². The Bertz CT molecular complexity index is 867. The van der Waals surface area contributed by atoms with Crippen LogP contribution in [0.4, 0.5) is 0 Å². The molecule has 1 unspecified atom stereocenters. The van der Waals surface area contributed by atoms with Crippen LogP contribution < -0.4 is 11.2 Å². The molecule has 1 aromatic heterocycles. The average molecular weight is 470 g/mol. The lowest BCUT2D eigenvalue weighted by molar-refractivity contribution is -0.135. The quantitative estimate of drug-likeness (QED) is 0.315. The van der Waals surface area contributed by atoms with Crippen molar-refractivity contribution in [1.29, 1.82) is 0 Å². The second-order valence-electron chi connectivity index (χ2n) is 5.20. The molecule has 16 heteroatoms. The first kappa shape index (κ1) is 22.3. The Balaban J connectivity index is 2.06. The Morgan fingerprint density at radius 3 is 2.52 bits per heavy atom. The number of H-pyrrole nitrogens is 1. The van der Waals surface area contributed by atoms with Gasteiger partial charge in [-0.3, -0.25) is 23.8 Å². The van der Waals surface area contributed by atoms with Crippen molar-refractivity contribution in [2.24, 2.45) is 0 Å². The number of ether oxygens (including phenoxy) is 1. The van der Waals surface area contributed by atoms with Crippen LogP contribution in [0, 0.1) is 0 Å². The first-order valence-corrected chi connectivity index (χ1v) is 9.56. The van der Waals surface area contributed by atoms with Gasteiger partial charge in [0.25, 0.3) is 9.35 Å². The fraction of sp³-hybridized carbons (Fsp3) is 0.545. The molecule has 0 amide bonds. The topological polar surface area (TPSA) is 177 Å². The summed E-state index contributed by atoms with van der Waals surface area (Å²) in [6, 6.07) is 0.978. The normalized spacial score (nSPS) is 27.9. The second kappa shape index (κ2) is 8.19. The largest absolute Gasteiger partial charge is 0.529 e. The Morgan fingerprint density at radius 2 is 1.96 bits per heavy atom. The number of nitrogens with one attached hydrogen (secondary N) is 1. The zero-order valence-electron chi connectivity index (χ0n) is 12.9. The van der Waals surface area contributed by atoms with Crippen LogP contribution in [0.3, 0.4) is 0 Å². The number of hydrogen-bond acceptors (Lipinski definition) is 9. The molecule has 1 aliphatic heterocycles. The summed E-state index contributed by atoms with van der Waals surface area (Å²) in [4.78, 5) is 45.5. The summed E-state index contributed by atoms with van der Waals surface area (Å²) in [6.07, 6.45) is -5.12. The molecule has 4 N–H and O–H groups in total. The molecule has 0 aromatic carbocycles. The van der Waals surface area contributed by atoms with Gasteiger partial charge in [0.1, 0.15) is 18.3 Å². The van der Waals surface area contributed by atoms with E-state index < -0.39 is 60.0 Å². The first-order valence-electron chi connectivity index (χ1n) is 6.93. The zero-order valence-corrected chi connectivity index (χ0v) is 16.1. The molecule has 0 saturated carbocycles. The summed E-state index contributed by atoms with van der Waals surface area (Å²) in [5, 5.41) is 20.0. The van der Waals surface area contributed by atoms with Crippen LogP contribution in [0.2, 0.25) is 0 Å². The third-order valence-electron chi connectivity index (χ3n) is 3.29. The highest BCUT2D eigenvalue weighted by atomic mass is 35.6. The average Bonchev–Trinajstić information content (AvgIpc) is 2.80. The third-order valence-corrected chi connectivity index (χ3v) is 4.63. The number of halogens is 3. The van der Waals surface area contributed by atoms with Gasteiger partial charge in [0.2, 0.25) is 0 Å². The minimum absolute atomic E-state index is 0.693. The fourth-order valence-electron chi connectivity index (χ4n) is 2.07. The Morgan fingerprint density at radius 1 is 1.33 bits per heavy atom. The summed E-state index contributed by atoms with van der Waals surface area (Å²) in [5.41, 5.74) is -1.62.